The summed E-state index contributed by atoms with van der Waals surface area (Å²) in [5.41, 5.74) is 6.53. The van der Waals surface area contributed by atoms with Crippen LogP contribution in [0.4, 0.5) is 4.39 Å². The van der Waals surface area contributed by atoms with E-state index in [1.54, 1.807) is 12.1 Å². The number of sulfone groups is 1. The highest BCUT2D eigenvalue weighted by Crippen LogP contribution is 2.22. The first-order chi connectivity index (χ1) is 9.96. The van der Waals surface area contributed by atoms with Gasteiger partial charge in [0.1, 0.15) is 11.6 Å². The summed E-state index contributed by atoms with van der Waals surface area (Å²) < 4.78 is 43.1. The molecule has 0 fully saturated rings. The van der Waals surface area contributed by atoms with E-state index in [0.29, 0.717) is 16.9 Å². The van der Waals surface area contributed by atoms with E-state index in [4.69, 9.17) is 10.5 Å². The van der Waals surface area contributed by atoms with Crippen LogP contribution in [0.3, 0.4) is 0 Å². The second-order valence-corrected chi connectivity index (χ2v) is 6.54. The van der Waals surface area contributed by atoms with Crippen molar-refractivity contribution in [3.05, 3.63) is 59.4 Å². The minimum atomic E-state index is -3.55. The molecule has 2 aromatic carbocycles. The van der Waals surface area contributed by atoms with Crippen molar-refractivity contribution < 1.29 is 17.5 Å². The third-order valence-corrected chi connectivity index (χ3v) is 4.80. The first kappa shape index (κ1) is 15.5. The van der Waals surface area contributed by atoms with Crippen molar-refractivity contribution in [1.29, 1.82) is 0 Å². The molecule has 0 aliphatic rings. The lowest BCUT2D eigenvalue weighted by Crippen LogP contribution is -2.09. The molecule has 0 atom stereocenters. The van der Waals surface area contributed by atoms with Crippen LogP contribution in [-0.2, 0) is 22.1 Å². The highest BCUT2D eigenvalue weighted by Gasteiger charge is 2.18. The molecule has 112 valence electrons. The lowest BCUT2D eigenvalue weighted by atomic mass is 10.1. The molecule has 2 N–H and O–H groups in total. The van der Waals surface area contributed by atoms with E-state index in [1.807, 2.05) is 0 Å². The molecule has 2 rings (SSSR count). The van der Waals surface area contributed by atoms with Crippen LogP contribution in [0, 0.1) is 5.82 Å². The maximum Gasteiger partial charge on any atom is 0.182 e. The number of halogens is 1. The number of methoxy groups -OCH3 is 1. The summed E-state index contributed by atoms with van der Waals surface area (Å²) >= 11 is 0. The molecule has 0 spiro atoms. The van der Waals surface area contributed by atoms with Crippen molar-refractivity contribution in [1.82, 2.24) is 0 Å². The molecule has 0 aromatic heterocycles. The van der Waals surface area contributed by atoms with E-state index < -0.39 is 15.7 Å². The third-order valence-electron chi connectivity index (χ3n) is 3.13. The number of benzene rings is 2. The van der Waals surface area contributed by atoms with Crippen LogP contribution >= 0.6 is 0 Å². The zero-order chi connectivity index (χ0) is 15.5. The van der Waals surface area contributed by atoms with Crippen LogP contribution in [0.15, 0.2) is 47.4 Å². The third kappa shape index (κ3) is 3.59. The Labute approximate surface area is 123 Å². The second kappa shape index (κ2) is 6.24. The Morgan fingerprint density at radius 1 is 1.14 bits per heavy atom. The highest BCUT2D eigenvalue weighted by atomic mass is 32.2. The fraction of sp³-hybridized carbons (Fsp3) is 0.200. The van der Waals surface area contributed by atoms with Gasteiger partial charge in [-0.3, -0.25) is 0 Å². The van der Waals surface area contributed by atoms with Gasteiger partial charge in [-0.05, 0) is 41.5 Å². The largest absolute Gasteiger partial charge is 0.497 e. The molecule has 0 aliphatic heterocycles. The van der Waals surface area contributed by atoms with Gasteiger partial charge in [0.25, 0.3) is 0 Å². The summed E-state index contributed by atoms with van der Waals surface area (Å²) in [6.45, 7) is 0.0841. The summed E-state index contributed by atoms with van der Waals surface area (Å²) in [6, 6.07) is 10.2. The minimum absolute atomic E-state index is 0.0841. The van der Waals surface area contributed by atoms with Crippen LogP contribution in [0.5, 0.6) is 5.75 Å². The van der Waals surface area contributed by atoms with Gasteiger partial charge in [0.2, 0.25) is 0 Å². The number of hydrogen-bond donors (Lipinski definition) is 1. The van der Waals surface area contributed by atoms with E-state index in [2.05, 4.69) is 0 Å². The predicted octanol–water partition coefficient (Wildman–Crippen LogP) is 2.27. The predicted molar refractivity (Wildman–Crippen MR) is 78.2 cm³/mol. The number of nitrogens with two attached hydrogens (primary N) is 1. The Morgan fingerprint density at radius 2 is 1.90 bits per heavy atom. The normalized spacial score (nSPS) is 11.4. The van der Waals surface area contributed by atoms with E-state index in [-0.39, 0.29) is 17.2 Å². The molecule has 6 heteroatoms. The molecule has 21 heavy (non-hydrogen) atoms. The monoisotopic (exact) mass is 309 g/mol. The fourth-order valence-electron chi connectivity index (χ4n) is 2.01. The molecule has 4 nitrogen and oxygen atoms in total. The molecule has 0 amide bonds. The Bertz CT molecular complexity index is 744. The first-order valence-electron chi connectivity index (χ1n) is 6.30. The van der Waals surface area contributed by atoms with E-state index in [1.165, 1.54) is 37.4 Å². The van der Waals surface area contributed by atoms with Gasteiger partial charge in [-0.1, -0.05) is 12.1 Å². The smallest absolute Gasteiger partial charge is 0.182 e. The van der Waals surface area contributed by atoms with Gasteiger partial charge < -0.3 is 10.5 Å². The van der Waals surface area contributed by atoms with Crippen molar-refractivity contribution in [2.24, 2.45) is 5.73 Å². The van der Waals surface area contributed by atoms with Crippen molar-refractivity contribution in [3.8, 4) is 5.75 Å². The summed E-state index contributed by atoms with van der Waals surface area (Å²) in [5, 5.41) is 0. The zero-order valence-electron chi connectivity index (χ0n) is 11.5. The van der Waals surface area contributed by atoms with Crippen LogP contribution < -0.4 is 10.5 Å². The number of rotatable bonds is 5. The number of hydrogen-bond acceptors (Lipinski definition) is 4. The fourth-order valence-corrected chi connectivity index (χ4v) is 3.45. The maximum absolute atomic E-state index is 13.2. The first-order valence-corrected chi connectivity index (χ1v) is 7.95. The van der Waals surface area contributed by atoms with Crippen LogP contribution in [0.2, 0.25) is 0 Å². The SMILES string of the molecule is COc1cccc(S(=O)(=O)Cc2ccc(F)cc2CN)c1. The average molecular weight is 309 g/mol. The van der Waals surface area contributed by atoms with E-state index in [0.717, 1.165) is 0 Å². The van der Waals surface area contributed by atoms with Gasteiger partial charge in [0.15, 0.2) is 9.84 Å². The van der Waals surface area contributed by atoms with Crippen LogP contribution in [0.25, 0.3) is 0 Å². The maximum atomic E-state index is 13.2. The van der Waals surface area contributed by atoms with E-state index in [9.17, 15) is 12.8 Å². The molecule has 0 radical (unpaired) electrons. The molecular formula is C15H16FNO3S. The van der Waals surface area contributed by atoms with Crippen molar-refractivity contribution in [2.75, 3.05) is 7.11 Å². The van der Waals surface area contributed by atoms with Crippen LogP contribution in [0.1, 0.15) is 11.1 Å². The minimum Gasteiger partial charge on any atom is -0.497 e. The average Bonchev–Trinajstić information content (AvgIpc) is 2.49. The Hall–Kier alpha value is -1.92. The standard InChI is InChI=1S/C15H16FNO3S/c1-20-14-3-2-4-15(8-14)21(18,19)10-11-5-6-13(16)7-12(11)9-17/h2-8H,9-10,17H2,1H3. The van der Waals surface area contributed by atoms with Gasteiger partial charge in [-0.15, -0.1) is 0 Å². The Balaban J connectivity index is 2.37. The van der Waals surface area contributed by atoms with Crippen molar-refractivity contribution in [2.45, 2.75) is 17.2 Å². The molecule has 0 aliphatic carbocycles. The van der Waals surface area contributed by atoms with Gasteiger partial charge in [0, 0.05) is 6.54 Å². The quantitative estimate of drug-likeness (QED) is 0.920. The second-order valence-electron chi connectivity index (χ2n) is 4.56. The molecule has 0 saturated heterocycles. The summed E-state index contributed by atoms with van der Waals surface area (Å²) in [6.07, 6.45) is 0. The van der Waals surface area contributed by atoms with Gasteiger partial charge in [-0.2, -0.15) is 0 Å². The zero-order valence-corrected chi connectivity index (χ0v) is 12.4. The highest BCUT2D eigenvalue weighted by molar-refractivity contribution is 7.90. The van der Waals surface area contributed by atoms with Gasteiger partial charge >= 0.3 is 0 Å². The lowest BCUT2D eigenvalue weighted by Gasteiger charge is -2.10. The molecule has 0 saturated carbocycles. The Kier molecular flexibility index (Phi) is 4.59. The van der Waals surface area contributed by atoms with Gasteiger partial charge in [0.05, 0.1) is 17.8 Å². The van der Waals surface area contributed by atoms with Gasteiger partial charge in [-0.25, -0.2) is 12.8 Å². The van der Waals surface area contributed by atoms with E-state index >= 15 is 0 Å². The topological polar surface area (TPSA) is 69.4 Å². The van der Waals surface area contributed by atoms with Crippen molar-refractivity contribution in [3.63, 3.8) is 0 Å². The summed E-state index contributed by atoms with van der Waals surface area (Å²) in [7, 11) is -2.08. The van der Waals surface area contributed by atoms with Crippen molar-refractivity contribution >= 4 is 9.84 Å². The number of ether oxygens (including phenoxy) is 1. The molecule has 0 bridgehead atoms. The summed E-state index contributed by atoms with van der Waals surface area (Å²) in [5.74, 6) is -0.195. The molecule has 0 heterocycles. The van der Waals surface area contributed by atoms with Crippen LogP contribution in [-0.4, -0.2) is 15.5 Å². The lowest BCUT2D eigenvalue weighted by molar-refractivity contribution is 0.413. The molecule has 0 unspecified atom stereocenters. The Morgan fingerprint density at radius 3 is 2.57 bits per heavy atom. The molecule has 2 aromatic rings. The molecular weight excluding hydrogens is 293 g/mol. The summed E-state index contributed by atoms with van der Waals surface area (Å²) in [4.78, 5) is 0.161.